The number of nitrogens with two attached hydrogens (primary N) is 1. The lowest BCUT2D eigenvalue weighted by Gasteiger charge is -2.16. The second-order valence-electron chi connectivity index (χ2n) is 11.5. The third-order valence-electron chi connectivity index (χ3n) is 7.48. The SMILES string of the molecule is CC(=O)Nc1cc(NCCCCCNCCCOc2cc(C(N)=O)c(Nc3ccc(I)cc3F)c(F)c2F)ccc1C(=O)Nc1nc(C)c([N+](=O)[O-])s1. The first kappa shape index (κ1) is 40.7. The maximum Gasteiger partial charge on any atom is 0.348 e. The van der Waals surface area contributed by atoms with E-state index in [1.54, 1.807) is 18.2 Å². The van der Waals surface area contributed by atoms with Crippen LogP contribution in [0.4, 0.5) is 46.1 Å². The highest BCUT2D eigenvalue weighted by Gasteiger charge is 2.24. The van der Waals surface area contributed by atoms with Gasteiger partial charge in [-0.3, -0.25) is 29.8 Å². The molecule has 1 aromatic heterocycles. The highest BCUT2D eigenvalue weighted by molar-refractivity contribution is 14.1. The molecule has 0 aliphatic carbocycles. The van der Waals surface area contributed by atoms with Crippen LogP contribution in [0.3, 0.4) is 0 Å². The minimum atomic E-state index is -1.42. The number of carbonyl (C=O) groups excluding carboxylic acids is 3. The Morgan fingerprint density at radius 2 is 1.68 bits per heavy atom. The molecule has 0 unspecified atom stereocenters. The monoisotopic (exact) mass is 868 g/mol. The maximum atomic E-state index is 15.0. The van der Waals surface area contributed by atoms with Gasteiger partial charge >= 0.3 is 5.00 Å². The van der Waals surface area contributed by atoms with Crippen LogP contribution in [0.15, 0.2) is 42.5 Å². The Bertz CT molecular complexity index is 2000. The average Bonchev–Trinajstić information content (AvgIpc) is 3.46. The van der Waals surface area contributed by atoms with Crippen molar-refractivity contribution in [1.29, 1.82) is 0 Å². The number of primary amides is 1. The van der Waals surface area contributed by atoms with E-state index in [2.05, 4.69) is 31.6 Å². The van der Waals surface area contributed by atoms with E-state index in [-0.39, 0.29) is 45.3 Å². The van der Waals surface area contributed by atoms with Gasteiger partial charge in [-0.1, -0.05) is 6.42 Å². The van der Waals surface area contributed by atoms with Gasteiger partial charge in [0.25, 0.3) is 11.8 Å². The average molecular weight is 869 g/mol. The van der Waals surface area contributed by atoms with Gasteiger partial charge in [0.15, 0.2) is 16.7 Å². The highest BCUT2D eigenvalue weighted by atomic mass is 127. The van der Waals surface area contributed by atoms with Gasteiger partial charge in [-0.15, -0.1) is 0 Å². The van der Waals surface area contributed by atoms with Gasteiger partial charge in [-0.05, 0) is 116 Å². The molecule has 0 saturated heterocycles. The van der Waals surface area contributed by atoms with Gasteiger partial charge in [0.05, 0.1) is 39.7 Å². The molecule has 14 nitrogen and oxygen atoms in total. The fourth-order valence-electron chi connectivity index (χ4n) is 4.96. The molecule has 0 saturated carbocycles. The number of carbonyl (C=O) groups is 3. The van der Waals surface area contributed by atoms with Gasteiger partial charge in [-0.2, -0.15) is 4.39 Å². The summed E-state index contributed by atoms with van der Waals surface area (Å²) in [5.74, 6) is -5.98. The van der Waals surface area contributed by atoms with Crippen molar-refractivity contribution in [2.24, 2.45) is 5.73 Å². The Labute approximate surface area is 319 Å². The van der Waals surface area contributed by atoms with E-state index < -0.39 is 51.2 Å². The molecular formula is C34H36F3IN8O6S. The molecule has 0 bridgehead atoms. The Kier molecular flexibility index (Phi) is 14.7. The van der Waals surface area contributed by atoms with Crippen molar-refractivity contribution < 1.29 is 37.2 Å². The molecule has 53 heavy (non-hydrogen) atoms. The zero-order chi connectivity index (χ0) is 38.7. The molecule has 0 fully saturated rings. The number of anilines is 5. The first-order chi connectivity index (χ1) is 25.2. The molecule has 1 heterocycles. The summed E-state index contributed by atoms with van der Waals surface area (Å²) in [6.45, 7) is 4.65. The van der Waals surface area contributed by atoms with Crippen LogP contribution in [0.25, 0.3) is 0 Å². The van der Waals surface area contributed by atoms with Gasteiger partial charge in [0.2, 0.25) is 11.7 Å². The van der Waals surface area contributed by atoms with Crippen molar-refractivity contribution in [3.63, 3.8) is 0 Å². The van der Waals surface area contributed by atoms with Crippen LogP contribution in [-0.4, -0.2) is 53.9 Å². The van der Waals surface area contributed by atoms with Gasteiger partial charge < -0.3 is 31.7 Å². The largest absolute Gasteiger partial charge is 0.490 e. The predicted octanol–water partition coefficient (Wildman–Crippen LogP) is 7.08. The second-order valence-corrected chi connectivity index (χ2v) is 13.8. The first-order valence-corrected chi connectivity index (χ1v) is 18.1. The lowest BCUT2D eigenvalue weighted by molar-refractivity contribution is -0.380. The molecule has 0 aliphatic rings. The molecule has 4 rings (SSSR count). The number of nitro groups is 1. The fraction of sp³-hybridized carbons (Fsp3) is 0.294. The minimum Gasteiger partial charge on any atom is -0.490 e. The van der Waals surface area contributed by atoms with Crippen molar-refractivity contribution >= 4 is 84.5 Å². The van der Waals surface area contributed by atoms with Crippen LogP contribution >= 0.6 is 33.9 Å². The predicted molar refractivity (Wildman–Crippen MR) is 205 cm³/mol. The summed E-state index contributed by atoms with van der Waals surface area (Å²) in [5.41, 5.74) is 5.54. The Hall–Kier alpha value is -5.02. The zero-order valence-electron chi connectivity index (χ0n) is 28.5. The summed E-state index contributed by atoms with van der Waals surface area (Å²) in [6.07, 6.45) is 3.00. The summed E-state index contributed by atoms with van der Waals surface area (Å²) < 4.78 is 50.1. The summed E-state index contributed by atoms with van der Waals surface area (Å²) in [4.78, 5) is 51.3. The molecule has 3 amide bonds. The van der Waals surface area contributed by atoms with E-state index in [0.717, 1.165) is 36.7 Å². The van der Waals surface area contributed by atoms with Crippen LogP contribution in [0, 0.1) is 38.1 Å². The molecule has 282 valence electrons. The Balaban J connectivity index is 1.17. The second kappa shape index (κ2) is 19.2. The van der Waals surface area contributed by atoms with E-state index >= 15 is 0 Å². The molecular weight excluding hydrogens is 832 g/mol. The topological polar surface area (TPSA) is 203 Å². The summed E-state index contributed by atoms with van der Waals surface area (Å²) >= 11 is 2.64. The zero-order valence-corrected chi connectivity index (χ0v) is 31.5. The Morgan fingerprint density at radius 3 is 2.36 bits per heavy atom. The lowest BCUT2D eigenvalue weighted by Crippen LogP contribution is -2.19. The van der Waals surface area contributed by atoms with E-state index in [1.165, 1.54) is 32.0 Å². The third kappa shape index (κ3) is 11.5. The van der Waals surface area contributed by atoms with Crippen LogP contribution < -0.4 is 37.1 Å². The molecule has 0 spiro atoms. The molecule has 0 aliphatic heterocycles. The number of aryl methyl sites for hydroxylation is 1. The summed E-state index contributed by atoms with van der Waals surface area (Å²) in [5, 5.41) is 25.1. The molecule has 4 aromatic rings. The van der Waals surface area contributed by atoms with Crippen LogP contribution in [0.5, 0.6) is 5.75 Å². The quantitative estimate of drug-likeness (QED) is 0.0245. The minimum absolute atomic E-state index is 0.0258. The number of thiazole rings is 1. The van der Waals surface area contributed by atoms with E-state index in [9.17, 15) is 37.7 Å². The van der Waals surface area contributed by atoms with E-state index in [4.69, 9.17) is 10.5 Å². The first-order valence-electron chi connectivity index (χ1n) is 16.2. The number of unbranched alkanes of at least 4 members (excludes halogenated alkanes) is 2. The number of halogens is 4. The number of benzene rings is 3. The molecule has 19 heteroatoms. The maximum absolute atomic E-state index is 15.0. The number of nitrogens with zero attached hydrogens (tertiary/aromatic N) is 2. The summed E-state index contributed by atoms with van der Waals surface area (Å²) in [7, 11) is 0. The van der Waals surface area contributed by atoms with Crippen molar-refractivity contribution in [1.82, 2.24) is 10.3 Å². The van der Waals surface area contributed by atoms with Crippen LogP contribution in [-0.2, 0) is 4.79 Å². The van der Waals surface area contributed by atoms with E-state index in [0.29, 0.717) is 35.3 Å². The number of hydrogen-bond acceptors (Lipinski definition) is 11. The number of aromatic nitrogens is 1. The molecule has 7 N–H and O–H groups in total. The van der Waals surface area contributed by atoms with Gasteiger partial charge in [0, 0.05) is 22.7 Å². The highest BCUT2D eigenvalue weighted by Crippen LogP contribution is 2.34. The lowest BCUT2D eigenvalue weighted by atomic mass is 10.1. The normalized spacial score (nSPS) is 10.8. The fourth-order valence-corrected chi connectivity index (χ4v) is 6.19. The van der Waals surface area contributed by atoms with Gasteiger partial charge in [-0.25, -0.2) is 13.8 Å². The van der Waals surface area contributed by atoms with Crippen molar-refractivity contribution in [2.75, 3.05) is 47.5 Å². The molecule has 0 atom stereocenters. The number of ether oxygens (including phenoxy) is 1. The number of amides is 3. The summed E-state index contributed by atoms with van der Waals surface area (Å²) in [6, 6.07) is 9.92. The van der Waals surface area contributed by atoms with Crippen molar-refractivity contribution in [3.05, 3.63) is 90.4 Å². The van der Waals surface area contributed by atoms with Crippen LogP contribution in [0.1, 0.15) is 59.0 Å². The Morgan fingerprint density at radius 1 is 0.943 bits per heavy atom. The number of nitrogens with one attached hydrogen (secondary N) is 5. The van der Waals surface area contributed by atoms with Crippen LogP contribution in [0.2, 0.25) is 0 Å². The van der Waals surface area contributed by atoms with Crippen molar-refractivity contribution in [2.45, 2.75) is 39.5 Å². The standard InChI is InChI=1S/C34H36F3IN8O6S/c1-18-33(46(50)51)53-34(42-18)45-32(49)22-9-8-21(16-26(22)43-19(2)47)41-13-5-3-4-11-40-12-6-14-52-27-17-23(31(39)48)30(29(37)28(27)36)44-25-10-7-20(38)15-24(25)35/h7-10,15-17,40-41,44H,3-6,11-14H2,1-2H3,(H2,39,48)(H,43,47)(H,42,45,49). The third-order valence-corrected chi connectivity index (χ3v) is 9.17. The smallest absolute Gasteiger partial charge is 0.348 e. The van der Waals surface area contributed by atoms with Gasteiger partial charge in [0.1, 0.15) is 11.5 Å². The van der Waals surface area contributed by atoms with Crippen molar-refractivity contribution in [3.8, 4) is 5.75 Å². The van der Waals surface area contributed by atoms with E-state index in [1.807, 2.05) is 22.6 Å². The molecule has 0 radical (unpaired) electrons. The number of hydrogen-bond donors (Lipinski definition) is 6. The number of rotatable bonds is 19. The molecule has 3 aromatic carbocycles.